The van der Waals surface area contributed by atoms with Crippen LogP contribution >= 0.6 is 0 Å². The van der Waals surface area contributed by atoms with Gasteiger partial charge in [-0.25, -0.2) is 4.98 Å². The summed E-state index contributed by atoms with van der Waals surface area (Å²) in [5, 5.41) is 18.0. The molecular weight excluding hydrogens is 304 g/mol. The van der Waals surface area contributed by atoms with Crippen molar-refractivity contribution in [2.45, 2.75) is 0 Å². The molecule has 0 unspecified atom stereocenters. The van der Waals surface area contributed by atoms with Gasteiger partial charge in [0.25, 0.3) is 5.89 Å². The Bertz CT molecular complexity index is 983. The molecule has 0 aliphatic carbocycles. The van der Waals surface area contributed by atoms with Crippen molar-refractivity contribution < 1.29 is 9.52 Å². The molecule has 2 heterocycles. The van der Waals surface area contributed by atoms with E-state index in [2.05, 4.69) is 20.2 Å². The summed E-state index contributed by atoms with van der Waals surface area (Å²) in [4.78, 5) is 8.62. The first kappa shape index (κ1) is 14.1. The van der Waals surface area contributed by atoms with Gasteiger partial charge in [0.05, 0.1) is 18.1 Å². The summed E-state index contributed by atoms with van der Waals surface area (Å²) in [7, 11) is 0. The fraction of sp³-hybridized carbons (Fsp3) is 0. The van der Waals surface area contributed by atoms with Crippen LogP contribution < -0.4 is 0 Å². The lowest BCUT2D eigenvalue weighted by Gasteiger charge is -2.03. The molecule has 0 atom stereocenters. The molecule has 0 aliphatic rings. The van der Waals surface area contributed by atoms with Crippen LogP contribution in [0.2, 0.25) is 0 Å². The summed E-state index contributed by atoms with van der Waals surface area (Å²) in [5.41, 5.74) is 2.41. The molecule has 2 aromatic heterocycles. The molecule has 0 amide bonds. The van der Waals surface area contributed by atoms with Gasteiger partial charge in [0.2, 0.25) is 5.89 Å². The SMILES string of the molecule is Oc1ccccc1-c1cncc(-c2nnc(-c3ccccc3)o2)n1. The minimum atomic E-state index is 0.138. The fourth-order valence-corrected chi connectivity index (χ4v) is 2.31. The van der Waals surface area contributed by atoms with Gasteiger partial charge in [-0.1, -0.05) is 30.3 Å². The first-order valence-corrected chi connectivity index (χ1v) is 7.31. The Hall–Kier alpha value is -3.54. The van der Waals surface area contributed by atoms with Crippen molar-refractivity contribution in [3.63, 3.8) is 0 Å². The largest absolute Gasteiger partial charge is 0.507 e. The van der Waals surface area contributed by atoms with Gasteiger partial charge in [0.1, 0.15) is 11.4 Å². The number of aromatic nitrogens is 4. The van der Waals surface area contributed by atoms with Crippen LogP contribution in [0, 0.1) is 0 Å². The Balaban J connectivity index is 1.72. The Labute approximate surface area is 137 Å². The molecule has 0 fully saturated rings. The molecule has 2 aromatic carbocycles. The van der Waals surface area contributed by atoms with Gasteiger partial charge < -0.3 is 9.52 Å². The van der Waals surface area contributed by atoms with Gasteiger partial charge in [-0.2, -0.15) is 0 Å². The predicted octanol–water partition coefficient (Wildman–Crippen LogP) is 3.57. The van der Waals surface area contributed by atoms with Crippen molar-refractivity contribution in [3.8, 4) is 40.0 Å². The second-order valence-corrected chi connectivity index (χ2v) is 5.09. The summed E-state index contributed by atoms with van der Waals surface area (Å²) in [6.45, 7) is 0. The molecule has 4 rings (SSSR count). The lowest BCUT2D eigenvalue weighted by atomic mass is 10.1. The van der Waals surface area contributed by atoms with Crippen LogP contribution in [-0.2, 0) is 0 Å². The number of rotatable bonds is 3. The smallest absolute Gasteiger partial charge is 0.268 e. The molecule has 4 aromatic rings. The van der Waals surface area contributed by atoms with Gasteiger partial charge in [0.15, 0.2) is 0 Å². The van der Waals surface area contributed by atoms with E-state index < -0.39 is 0 Å². The third-order valence-corrected chi connectivity index (χ3v) is 3.48. The highest BCUT2D eigenvalue weighted by molar-refractivity contribution is 5.67. The monoisotopic (exact) mass is 316 g/mol. The Morgan fingerprint density at radius 2 is 1.46 bits per heavy atom. The quantitative estimate of drug-likeness (QED) is 0.622. The minimum Gasteiger partial charge on any atom is -0.507 e. The van der Waals surface area contributed by atoms with Crippen molar-refractivity contribution in [2.24, 2.45) is 0 Å². The van der Waals surface area contributed by atoms with Crippen LogP contribution in [-0.4, -0.2) is 25.3 Å². The standard InChI is InChI=1S/C18H12N4O2/c23-16-9-5-4-8-13(16)14-10-19-11-15(20-14)18-22-21-17(24-18)12-6-2-1-3-7-12/h1-11,23H. The maximum absolute atomic E-state index is 9.96. The average molecular weight is 316 g/mol. The van der Waals surface area contributed by atoms with E-state index in [0.29, 0.717) is 22.8 Å². The molecular formula is C18H12N4O2. The number of benzene rings is 2. The summed E-state index contributed by atoms with van der Waals surface area (Å²) in [6.07, 6.45) is 3.12. The number of para-hydroxylation sites is 1. The topological polar surface area (TPSA) is 84.9 Å². The van der Waals surface area contributed by atoms with Crippen LogP contribution in [0.25, 0.3) is 34.3 Å². The van der Waals surface area contributed by atoms with E-state index in [4.69, 9.17) is 4.42 Å². The molecule has 6 heteroatoms. The zero-order chi connectivity index (χ0) is 16.4. The molecule has 0 radical (unpaired) electrons. The highest BCUT2D eigenvalue weighted by Gasteiger charge is 2.13. The zero-order valence-corrected chi connectivity index (χ0v) is 12.5. The van der Waals surface area contributed by atoms with E-state index >= 15 is 0 Å². The number of phenolic OH excluding ortho intramolecular Hbond substituents is 1. The number of hydrogen-bond donors (Lipinski definition) is 1. The zero-order valence-electron chi connectivity index (χ0n) is 12.5. The van der Waals surface area contributed by atoms with Crippen LogP contribution in [0.3, 0.4) is 0 Å². The molecule has 24 heavy (non-hydrogen) atoms. The van der Waals surface area contributed by atoms with E-state index in [0.717, 1.165) is 5.56 Å². The first-order valence-electron chi connectivity index (χ1n) is 7.31. The third-order valence-electron chi connectivity index (χ3n) is 3.48. The molecule has 0 saturated heterocycles. The van der Waals surface area contributed by atoms with Crippen molar-refractivity contribution in [1.82, 2.24) is 20.2 Å². The van der Waals surface area contributed by atoms with E-state index in [1.807, 2.05) is 36.4 Å². The summed E-state index contributed by atoms with van der Waals surface area (Å²) < 4.78 is 5.69. The van der Waals surface area contributed by atoms with Crippen LogP contribution in [0.1, 0.15) is 0 Å². The maximum atomic E-state index is 9.96. The average Bonchev–Trinajstić information content (AvgIpc) is 3.13. The van der Waals surface area contributed by atoms with Crippen molar-refractivity contribution >= 4 is 0 Å². The number of hydrogen-bond acceptors (Lipinski definition) is 6. The number of phenols is 1. The fourth-order valence-electron chi connectivity index (χ4n) is 2.31. The van der Waals surface area contributed by atoms with Gasteiger partial charge in [0, 0.05) is 11.1 Å². The highest BCUT2D eigenvalue weighted by Crippen LogP contribution is 2.28. The Kier molecular flexibility index (Phi) is 3.47. The predicted molar refractivity (Wildman–Crippen MR) is 87.9 cm³/mol. The lowest BCUT2D eigenvalue weighted by Crippen LogP contribution is -1.90. The Morgan fingerprint density at radius 3 is 2.29 bits per heavy atom. The van der Waals surface area contributed by atoms with Crippen molar-refractivity contribution in [3.05, 3.63) is 67.0 Å². The third kappa shape index (κ3) is 2.61. The van der Waals surface area contributed by atoms with Gasteiger partial charge in [-0.3, -0.25) is 4.98 Å². The normalized spacial score (nSPS) is 10.7. The van der Waals surface area contributed by atoms with Gasteiger partial charge >= 0.3 is 0 Å². The van der Waals surface area contributed by atoms with E-state index in [1.165, 1.54) is 0 Å². The van der Waals surface area contributed by atoms with E-state index in [9.17, 15) is 5.11 Å². The highest BCUT2D eigenvalue weighted by atomic mass is 16.4. The second kappa shape index (κ2) is 5.92. The second-order valence-electron chi connectivity index (χ2n) is 5.09. The van der Waals surface area contributed by atoms with Gasteiger partial charge in [-0.15, -0.1) is 10.2 Å². The molecule has 0 aliphatic heterocycles. The molecule has 0 bridgehead atoms. The maximum Gasteiger partial charge on any atom is 0.268 e. The van der Waals surface area contributed by atoms with Gasteiger partial charge in [-0.05, 0) is 24.3 Å². The minimum absolute atomic E-state index is 0.138. The van der Waals surface area contributed by atoms with Crippen LogP contribution in [0.15, 0.2) is 71.4 Å². The number of nitrogens with zero attached hydrogens (tertiary/aromatic N) is 4. The lowest BCUT2D eigenvalue weighted by molar-refractivity contribution is 0.477. The summed E-state index contributed by atoms with van der Waals surface area (Å²) in [5.74, 6) is 0.832. The Morgan fingerprint density at radius 1 is 0.750 bits per heavy atom. The van der Waals surface area contributed by atoms with E-state index in [1.54, 1.807) is 30.6 Å². The molecule has 0 saturated carbocycles. The molecule has 6 nitrogen and oxygen atoms in total. The number of aromatic hydroxyl groups is 1. The first-order chi connectivity index (χ1) is 11.8. The van der Waals surface area contributed by atoms with Crippen LogP contribution in [0.5, 0.6) is 5.75 Å². The molecule has 116 valence electrons. The summed E-state index contributed by atoms with van der Waals surface area (Å²) >= 11 is 0. The molecule has 1 N–H and O–H groups in total. The van der Waals surface area contributed by atoms with Crippen molar-refractivity contribution in [1.29, 1.82) is 0 Å². The van der Waals surface area contributed by atoms with Crippen LogP contribution in [0.4, 0.5) is 0 Å². The molecule has 0 spiro atoms. The van der Waals surface area contributed by atoms with E-state index in [-0.39, 0.29) is 11.6 Å². The van der Waals surface area contributed by atoms with Crippen molar-refractivity contribution in [2.75, 3.05) is 0 Å². The summed E-state index contributed by atoms with van der Waals surface area (Å²) in [6, 6.07) is 16.4.